The molecule has 0 fully saturated rings. The summed E-state index contributed by atoms with van der Waals surface area (Å²) in [6, 6.07) is 16.2. The summed E-state index contributed by atoms with van der Waals surface area (Å²) in [7, 11) is 0. The van der Waals surface area contributed by atoms with E-state index >= 15 is 0 Å². The quantitative estimate of drug-likeness (QED) is 0.626. The molecule has 1 aromatic heterocycles. The summed E-state index contributed by atoms with van der Waals surface area (Å²) in [6.07, 6.45) is 0. The number of benzene rings is 2. The number of nitrogens with zero attached hydrogens (tertiary/aromatic N) is 1. The van der Waals surface area contributed by atoms with Crippen LogP contribution in [0.15, 0.2) is 54.6 Å². The molecule has 0 atom stereocenters. The molecular weight excluding hydrogens is 281 g/mol. The van der Waals surface area contributed by atoms with Crippen molar-refractivity contribution in [3.63, 3.8) is 0 Å². The number of hydrogen-bond acceptors (Lipinski definition) is 2. The summed E-state index contributed by atoms with van der Waals surface area (Å²) in [5.74, 6) is -0.263. The Kier molecular flexibility index (Phi) is 3.32. The average Bonchev–Trinajstić information content (AvgIpc) is 2.82. The molecule has 19 heavy (non-hydrogen) atoms. The van der Waals surface area contributed by atoms with Crippen LogP contribution in [0.4, 0.5) is 4.39 Å². The maximum Gasteiger partial charge on any atom is 0.184 e. The lowest BCUT2D eigenvalue weighted by atomic mass is 10.1. The highest BCUT2D eigenvalue weighted by Crippen LogP contribution is 2.38. The topological polar surface area (TPSA) is 12.9 Å². The minimum Gasteiger partial charge on any atom is -0.224 e. The van der Waals surface area contributed by atoms with Gasteiger partial charge in [0.15, 0.2) is 4.47 Å². The zero-order valence-electron chi connectivity index (χ0n) is 9.81. The molecular formula is C15H9ClFNS. The predicted molar refractivity (Wildman–Crippen MR) is 78.0 cm³/mol. The summed E-state index contributed by atoms with van der Waals surface area (Å²) < 4.78 is 13.8. The third-order valence-corrected chi connectivity index (χ3v) is 3.94. The molecule has 0 aliphatic rings. The highest BCUT2D eigenvalue weighted by molar-refractivity contribution is 7.19. The van der Waals surface area contributed by atoms with Crippen LogP contribution in [0.1, 0.15) is 0 Å². The molecule has 0 aliphatic heterocycles. The summed E-state index contributed by atoms with van der Waals surface area (Å²) in [6.45, 7) is 0. The standard InChI is InChI=1S/C15H9ClFNS/c16-15-18-13(10-5-2-1-3-6-10)14(19-15)11-7-4-8-12(17)9-11/h1-9H. The Morgan fingerprint density at radius 3 is 2.42 bits per heavy atom. The predicted octanol–water partition coefficient (Wildman–Crippen LogP) is 5.27. The largest absolute Gasteiger partial charge is 0.224 e. The second-order valence-electron chi connectivity index (χ2n) is 4.02. The Morgan fingerprint density at radius 2 is 1.68 bits per heavy atom. The molecule has 0 unspecified atom stereocenters. The highest BCUT2D eigenvalue weighted by Gasteiger charge is 2.14. The van der Waals surface area contributed by atoms with Crippen LogP contribution in [0.25, 0.3) is 21.7 Å². The molecule has 0 N–H and O–H groups in total. The van der Waals surface area contributed by atoms with E-state index in [1.807, 2.05) is 36.4 Å². The minimum atomic E-state index is -0.263. The first kappa shape index (κ1) is 12.3. The van der Waals surface area contributed by atoms with Crippen LogP contribution in [0.3, 0.4) is 0 Å². The van der Waals surface area contributed by atoms with Crippen LogP contribution in [-0.2, 0) is 0 Å². The third kappa shape index (κ3) is 2.53. The van der Waals surface area contributed by atoms with Crippen LogP contribution in [0.2, 0.25) is 4.47 Å². The zero-order chi connectivity index (χ0) is 13.2. The number of rotatable bonds is 2. The normalized spacial score (nSPS) is 10.6. The van der Waals surface area contributed by atoms with Crippen LogP contribution in [0.5, 0.6) is 0 Å². The summed E-state index contributed by atoms with van der Waals surface area (Å²) in [5, 5.41) is 0. The van der Waals surface area contributed by atoms with Crippen LogP contribution in [-0.4, -0.2) is 4.98 Å². The second kappa shape index (κ2) is 5.11. The highest BCUT2D eigenvalue weighted by atomic mass is 35.5. The molecule has 94 valence electrons. The molecule has 0 amide bonds. The molecule has 3 aromatic rings. The van der Waals surface area contributed by atoms with Crippen molar-refractivity contribution in [3.05, 3.63) is 64.9 Å². The fourth-order valence-corrected chi connectivity index (χ4v) is 3.04. The molecule has 0 aliphatic carbocycles. The van der Waals surface area contributed by atoms with Gasteiger partial charge < -0.3 is 0 Å². The SMILES string of the molecule is Fc1cccc(-c2sc(Cl)nc2-c2ccccc2)c1. The number of aromatic nitrogens is 1. The molecule has 2 aromatic carbocycles. The maximum atomic E-state index is 13.3. The Bertz CT molecular complexity index is 709. The first-order valence-corrected chi connectivity index (χ1v) is 6.91. The van der Waals surface area contributed by atoms with E-state index in [1.165, 1.54) is 23.5 Å². The van der Waals surface area contributed by atoms with Gasteiger partial charge in [0, 0.05) is 5.56 Å². The molecule has 4 heteroatoms. The Balaban J connectivity index is 2.18. The molecule has 3 rings (SSSR count). The zero-order valence-corrected chi connectivity index (χ0v) is 11.4. The van der Waals surface area contributed by atoms with E-state index in [4.69, 9.17) is 11.6 Å². The van der Waals surface area contributed by atoms with Crippen molar-refractivity contribution in [2.45, 2.75) is 0 Å². The van der Waals surface area contributed by atoms with Gasteiger partial charge in [0.2, 0.25) is 0 Å². The van der Waals surface area contributed by atoms with Gasteiger partial charge in [-0.1, -0.05) is 54.1 Å². The van der Waals surface area contributed by atoms with Crippen molar-refractivity contribution in [1.29, 1.82) is 0 Å². The van der Waals surface area contributed by atoms with E-state index in [0.29, 0.717) is 4.47 Å². The second-order valence-corrected chi connectivity index (χ2v) is 5.60. The Labute approximate surface area is 119 Å². The Morgan fingerprint density at radius 1 is 0.947 bits per heavy atom. The van der Waals surface area contributed by atoms with E-state index in [0.717, 1.165) is 21.7 Å². The minimum absolute atomic E-state index is 0.263. The lowest BCUT2D eigenvalue weighted by Crippen LogP contribution is -1.82. The van der Waals surface area contributed by atoms with Gasteiger partial charge in [-0.25, -0.2) is 9.37 Å². The van der Waals surface area contributed by atoms with E-state index < -0.39 is 0 Å². The summed E-state index contributed by atoms with van der Waals surface area (Å²) >= 11 is 7.38. The van der Waals surface area contributed by atoms with Crippen molar-refractivity contribution in [1.82, 2.24) is 4.98 Å². The lowest BCUT2D eigenvalue weighted by molar-refractivity contribution is 0.628. The van der Waals surface area contributed by atoms with Gasteiger partial charge in [-0.05, 0) is 17.7 Å². The van der Waals surface area contributed by atoms with Gasteiger partial charge in [-0.3, -0.25) is 0 Å². The smallest absolute Gasteiger partial charge is 0.184 e. The van der Waals surface area contributed by atoms with Gasteiger partial charge in [-0.2, -0.15) is 0 Å². The van der Waals surface area contributed by atoms with Gasteiger partial charge >= 0.3 is 0 Å². The number of hydrogen-bond donors (Lipinski definition) is 0. The molecule has 0 saturated carbocycles. The van der Waals surface area contributed by atoms with Crippen molar-refractivity contribution in [3.8, 4) is 21.7 Å². The fourth-order valence-electron chi connectivity index (χ4n) is 1.91. The van der Waals surface area contributed by atoms with E-state index in [2.05, 4.69) is 4.98 Å². The van der Waals surface area contributed by atoms with Gasteiger partial charge in [-0.15, -0.1) is 11.3 Å². The maximum absolute atomic E-state index is 13.3. The monoisotopic (exact) mass is 289 g/mol. The molecule has 0 spiro atoms. The van der Waals surface area contributed by atoms with Gasteiger partial charge in [0.1, 0.15) is 5.82 Å². The molecule has 0 saturated heterocycles. The van der Waals surface area contributed by atoms with Crippen LogP contribution in [0, 0.1) is 5.82 Å². The van der Waals surface area contributed by atoms with Crippen molar-refractivity contribution >= 4 is 22.9 Å². The first-order chi connectivity index (χ1) is 9.24. The van der Waals surface area contributed by atoms with Crippen molar-refractivity contribution in [2.75, 3.05) is 0 Å². The van der Waals surface area contributed by atoms with Crippen LogP contribution >= 0.6 is 22.9 Å². The Hall–Kier alpha value is -1.71. The van der Waals surface area contributed by atoms with Gasteiger partial charge in [0.05, 0.1) is 10.6 Å². The molecule has 0 radical (unpaired) electrons. The molecule has 1 nitrogen and oxygen atoms in total. The van der Waals surface area contributed by atoms with Crippen LogP contribution < -0.4 is 0 Å². The average molecular weight is 290 g/mol. The molecule has 1 heterocycles. The molecule has 0 bridgehead atoms. The van der Waals surface area contributed by atoms with Crippen molar-refractivity contribution in [2.24, 2.45) is 0 Å². The van der Waals surface area contributed by atoms with E-state index in [1.54, 1.807) is 6.07 Å². The van der Waals surface area contributed by atoms with E-state index in [9.17, 15) is 4.39 Å². The lowest BCUT2D eigenvalue weighted by Gasteiger charge is -2.02. The van der Waals surface area contributed by atoms with Gasteiger partial charge in [0.25, 0.3) is 0 Å². The van der Waals surface area contributed by atoms with Crippen molar-refractivity contribution < 1.29 is 4.39 Å². The summed E-state index contributed by atoms with van der Waals surface area (Å²) in [5.41, 5.74) is 2.56. The summed E-state index contributed by atoms with van der Waals surface area (Å²) in [4.78, 5) is 5.23. The fraction of sp³-hybridized carbons (Fsp3) is 0. The number of thiazole rings is 1. The first-order valence-electron chi connectivity index (χ1n) is 5.72. The number of halogens is 2. The van der Waals surface area contributed by atoms with E-state index in [-0.39, 0.29) is 5.82 Å². The third-order valence-electron chi connectivity index (χ3n) is 2.74.